The van der Waals surface area contributed by atoms with Crippen LogP contribution in [0.25, 0.3) is 0 Å². The molecule has 20 heavy (non-hydrogen) atoms. The van der Waals surface area contributed by atoms with E-state index < -0.39 is 0 Å². The summed E-state index contributed by atoms with van der Waals surface area (Å²) < 4.78 is 5.53. The second-order valence-corrected chi connectivity index (χ2v) is 5.53. The molecule has 1 saturated heterocycles. The third-order valence-electron chi connectivity index (χ3n) is 3.44. The Morgan fingerprint density at radius 2 is 2.05 bits per heavy atom. The smallest absolute Gasteiger partial charge is 0.260 e. The van der Waals surface area contributed by atoms with Crippen LogP contribution in [-0.2, 0) is 0 Å². The van der Waals surface area contributed by atoms with Crippen LogP contribution in [0.4, 0.5) is 11.4 Å². The third kappa shape index (κ3) is 2.72. The van der Waals surface area contributed by atoms with E-state index in [0.29, 0.717) is 10.2 Å². The van der Waals surface area contributed by atoms with E-state index in [1.54, 1.807) is 6.07 Å². The molecule has 0 aliphatic carbocycles. The summed E-state index contributed by atoms with van der Waals surface area (Å²) in [5, 5.41) is 2.89. The van der Waals surface area contributed by atoms with Crippen molar-refractivity contribution in [3.8, 4) is 0 Å². The van der Waals surface area contributed by atoms with Gasteiger partial charge >= 0.3 is 0 Å². The van der Waals surface area contributed by atoms with Crippen molar-refractivity contribution in [1.29, 1.82) is 0 Å². The lowest BCUT2D eigenvalue weighted by Crippen LogP contribution is -2.18. The van der Waals surface area contributed by atoms with Crippen LogP contribution >= 0.6 is 15.9 Å². The van der Waals surface area contributed by atoms with Crippen molar-refractivity contribution >= 4 is 33.2 Å². The van der Waals surface area contributed by atoms with Crippen molar-refractivity contribution < 1.29 is 9.21 Å². The van der Waals surface area contributed by atoms with Gasteiger partial charge in [-0.05, 0) is 53.0 Å². The van der Waals surface area contributed by atoms with Gasteiger partial charge < -0.3 is 14.6 Å². The van der Waals surface area contributed by atoms with E-state index in [1.165, 1.54) is 19.1 Å². The monoisotopic (exact) mass is 334 g/mol. The molecule has 1 fully saturated rings. The Labute approximate surface area is 125 Å². The van der Waals surface area contributed by atoms with Crippen molar-refractivity contribution in [2.75, 3.05) is 23.3 Å². The van der Waals surface area contributed by atoms with Crippen molar-refractivity contribution in [1.82, 2.24) is 0 Å². The molecule has 0 atom stereocenters. The first kappa shape index (κ1) is 13.2. The SMILES string of the molecule is O=C(Nc1cccc(N2CCCC2)c1)c1ccoc1Br. The van der Waals surface area contributed by atoms with Crippen LogP contribution < -0.4 is 10.2 Å². The normalized spacial score (nSPS) is 14.6. The van der Waals surface area contributed by atoms with Crippen LogP contribution in [0.2, 0.25) is 0 Å². The van der Waals surface area contributed by atoms with Crippen LogP contribution in [0.5, 0.6) is 0 Å². The molecule has 0 spiro atoms. The van der Waals surface area contributed by atoms with E-state index >= 15 is 0 Å². The highest BCUT2D eigenvalue weighted by atomic mass is 79.9. The van der Waals surface area contributed by atoms with Gasteiger partial charge in [0.15, 0.2) is 4.67 Å². The highest BCUT2D eigenvalue weighted by molar-refractivity contribution is 9.10. The number of nitrogens with zero attached hydrogens (tertiary/aromatic N) is 1. The molecule has 1 N–H and O–H groups in total. The molecule has 1 aromatic carbocycles. The minimum absolute atomic E-state index is 0.177. The molecular formula is C15H15BrN2O2. The van der Waals surface area contributed by atoms with Gasteiger partial charge in [0.2, 0.25) is 0 Å². The Morgan fingerprint density at radius 1 is 1.25 bits per heavy atom. The van der Waals surface area contributed by atoms with Gasteiger partial charge in [-0.2, -0.15) is 0 Å². The summed E-state index contributed by atoms with van der Waals surface area (Å²) in [5.41, 5.74) is 2.45. The van der Waals surface area contributed by atoms with E-state index in [4.69, 9.17) is 4.42 Å². The molecule has 0 radical (unpaired) electrons. The van der Waals surface area contributed by atoms with Crippen LogP contribution in [-0.4, -0.2) is 19.0 Å². The van der Waals surface area contributed by atoms with Gasteiger partial charge in [-0.25, -0.2) is 0 Å². The third-order valence-corrected chi connectivity index (χ3v) is 4.05. The zero-order valence-corrected chi connectivity index (χ0v) is 12.5. The lowest BCUT2D eigenvalue weighted by atomic mass is 10.2. The lowest BCUT2D eigenvalue weighted by Gasteiger charge is -2.18. The van der Waals surface area contributed by atoms with Crippen LogP contribution in [0.15, 0.2) is 45.7 Å². The number of halogens is 1. The Bertz CT molecular complexity index is 618. The van der Waals surface area contributed by atoms with Crippen molar-refractivity contribution in [2.45, 2.75) is 12.8 Å². The molecule has 0 bridgehead atoms. The predicted octanol–water partition coefficient (Wildman–Crippen LogP) is 3.89. The molecule has 2 heterocycles. The van der Waals surface area contributed by atoms with Crippen LogP contribution in [0.1, 0.15) is 23.2 Å². The van der Waals surface area contributed by atoms with Gasteiger partial charge in [0.25, 0.3) is 5.91 Å². The van der Waals surface area contributed by atoms with E-state index in [-0.39, 0.29) is 5.91 Å². The molecule has 3 rings (SSSR count). The van der Waals surface area contributed by atoms with E-state index in [0.717, 1.165) is 24.5 Å². The molecule has 1 aliphatic heterocycles. The summed E-state index contributed by atoms with van der Waals surface area (Å²) in [5.74, 6) is -0.177. The van der Waals surface area contributed by atoms with Crippen molar-refractivity contribution in [3.63, 3.8) is 0 Å². The van der Waals surface area contributed by atoms with Gasteiger partial charge in [-0.1, -0.05) is 6.07 Å². The second kappa shape index (κ2) is 5.71. The van der Waals surface area contributed by atoms with E-state index in [1.807, 2.05) is 18.2 Å². The molecule has 4 nitrogen and oxygen atoms in total. The number of carbonyl (C=O) groups is 1. The number of anilines is 2. The van der Waals surface area contributed by atoms with Crippen LogP contribution in [0, 0.1) is 0 Å². The van der Waals surface area contributed by atoms with Gasteiger partial charge in [0, 0.05) is 24.5 Å². The van der Waals surface area contributed by atoms with Gasteiger partial charge in [0.1, 0.15) is 0 Å². The maximum Gasteiger partial charge on any atom is 0.260 e. The first-order chi connectivity index (χ1) is 9.74. The number of rotatable bonds is 3. The summed E-state index contributed by atoms with van der Waals surface area (Å²) in [7, 11) is 0. The molecule has 1 aromatic heterocycles. The molecule has 2 aromatic rings. The summed E-state index contributed by atoms with van der Waals surface area (Å²) in [6, 6.07) is 9.59. The highest BCUT2D eigenvalue weighted by Crippen LogP contribution is 2.24. The minimum Gasteiger partial charge on any atom is -0.457 e. The van der Waals surface area contributed by atoms with E-state index in [9.17, 15) is 4.79 Å². The summed E-state index contributed by atoms with van der Waals surface area (Å²) in [6.45, 7) is 2.18. The molecule has 0 saturated carbocycles. The van der Waals surface area contributed by atoms with Gasteiger partial charge in [-0.15, -0.1) is 0 Å². The van der Waals surface area contributed by atoms with Crippen molar-refractivity contribution in [3.05, 3.63) is 46.8 Å². The zero-order chi connectivity index (χ0) is 13.9. The van der Waals surface area contributed by atoms with Crippen LogP contribution in [0.3, 0.4) is 0 Å². The average Bonchev–Trinajstić information content (AvgIpc) is 3.09. The maximum absolute atomic E-state index is 12.1. The topological polar surface area (TPSA) is 45.5 Å². The molecule has 5 heteroatoms. The lowest BCUT2D eigenvalue weighted by molar-refractivity contribution is 0.102. The summed E-state index contributed by atoms with van der Waals surface area (Å²) in [6.07, 6.45) is 3.96. The summed E-state index contributed by atoms with van der Waals surface area (Å²) >= 11 is 3.21. The number of furan rings is 1. The molecule has 1 amide bonds. The van der Waals surface area contributed by atoms with Gasteiger partial charge in [0.05, 0.1) is 11.8 Å². The van der Waals surface area contributed by atoms with Crippen molar-refractivity contribution in [2.24, 2.45) is 0 Å². The van der Waals surface area contributed by atoms with E-state index in [2.05, 4.69) is 32.2 Å². The molecule has 104 valence electrons. The fourth-order valence-corrected chi connectivity index (χ4v) is 2.83. The standard InChI is InChI=1S/C15H15BrN2O2/c16-14-13(6-9-20-14)15(19)17-11-4-3-5-12(10-11)18-7-1-2-8-18/h3-6,9-10H,1-2,7-8H2,(H,17,19). The number of hydrogen-bond acceptors (Lipinski definition) is 3. The fourth-order valence-electron chi connectivity index (χ4n) is 2.41. The van der Waals surface area contributed by atoms with Gasteiger partial charge in [-0.3, -0.25) is 4.79 Å². The molecule has 0 unspecified atom stereocenters. The quantitative estimate of drug-likeness (QED) is 0.925. The number of benzene rings is 1. The summed E-state index contributed by atoms with van der Waals surface area (Å²) in [4.78, 5) is 14.5. The largest absolute Gasteiger partial charge is 0.457 e. The Balaban J connectivity index is 1.76. The second-order valence-electron chi connectivity index (χ2n) is 4.81. The number of hydrogen-bond donors (Lipinski definition) is 1. The molecular weight excluding hydrogens is 320 g/mol. The minimum atomic E-state index is -0.177. The Kier molecular flexibility index (Phi) is 3.78. The highest BCUT2D eigenvalue weighted by Gasteiger charge is 2.15. The predicted molar refractivity (Wildman–Crippen MR) is 82.3 cm³/mol. The first-order valence-electron chi connectivity index (χ1n) is 6.63. The zero-order valence-electron chi connectivity index (χ0n) is 10.9. The average molecular weight is 335 g/mol. The number of amides is 1. The molecule has 1 aliphatic rings. The maximum atomic E-state index is 12.1. The Morgan fingerprint density at radius 3 is 2.75 bits per heavy atom. The first-order valence-corrected chi connectivity index (χ1v) is 7.43. The number of carbonyl (C=O) groups excluding carboxylic acids is 1. The fraction of sp³-hybridized carbons (Fsp3) is 0.267. The Hall–Kier alpha value is -1.75. The number of nitrogens with one attached hydrogen (secondary N) is 1.